The molecule has 246 valence electrons. The fourth-order valence-corrected chi connectivity index (χ4v) is 6.42. The third kappa shape index (κ3) is 9.89. The summed E-state index contributed by atoms with van der Waals surface area (Å²) in [6, 6.07) is 28.8. The normalized spacial score (nSPS) is 11.7. The second kappa shape index (κ2) is 17.4. The van der Waals surface area contributed by atoms with Gasteiger partial charge in [0, 0.05) is 5.56 Å². The second-order valence-electron chi connectivity index (χ2n) is 12.5. The van der Waals surface area contributed by atoms with Gasteiger partial charge in [0.15, 0.2) is 0 Å². The van der Waals surface area contributed by atoms with E-state index in [1.165, 1.54) is 55.3 Å². The molecule has 0 fully saturated rings. The standard InChI is InChI=1S/C33H34BN3.C7H14N2.Pt/c1-22-15-24(3)32(25(4)16-22)34(33-26(5)17-23(2)18-27(33)6)30-14-10-13-29(19-30)31-21-37(36-35-31)20-28-11-8-7-9-12-28;1-6(8-3)5-7(2)9-4;/h7-19,21H,20H2,1-6H3;5-6H,1-4H3;/q;-2;+2/b;7-5-;. The molecule has 0 bridgehead atoms. The van der Waals surface area contributed by atoms with E-state index in [0.717, 1.165) is 17.0 Å². The molecule has 1 aromatic heterocycles. The van der Waals surface area contributed by atoms with Gasteiger partial charge < -0.3 is 10.6 Å². The van der Waals surface area contributed by atoms with Crippen molar-refractivity contribution >= 4 is 23.1 Å². The Balaban J connectivity index is 0.000000528. The minimum atomic E-state index is 0. The average molecular weight is 805 g/mol. The smallest absolute Gasteiger partial charge is 0.691 e. The van der Waals surface area contributed by atoms with Crippen LogP contribution in [0.4, 0.5) is 0 Å². The van der Waals surface area contributed by atoms with E-state index in [9.17, 15) is 0 Å². The molecule has 4 aromatic carbocycles. The summed E-state index contributed by atoms with van der Waals surface area (Å²) in [6.45, 7) is 18.2. The summed E-state index contributed by atoms with van der Waals surface area (Å²) >= 11 is 0. The van der Waals surface area contributed by atoms with Crippen molar-refractivity contribution in [3.8, 4) is 11.3 Å². The third-order valence-electron chi connectivity index (χ3n) is 8.54. The number of aromatic nitrogens is 3. The van der Waals surface area contributed by atoms with Crippen molar-refractivity contribution in [2.75, 3.05) is 14.1 Å². The van der Waals surface area contributed by atoms with Crippen molar-refractivity contribution < 1.29 is 21.1 Å². The average Bonchev–Trinajstić information content (AvgIpc) is 3.48. The Morgan fingerprint density at radius 1 is 0.787 bits per heavy atom. The fourth-order valence-electron chi connectivity index (χ4n) is 6.42. The number of hydrogen-bond acceptors (Lipinski definition) is 2. The molecule has 7 heteroatoms. The number of likely N-dealkylation sites (N-methyl/N-ethyl adjacent to an activating group) is 1. The molecule has 1 heterocycles. The number of rotatable bonds is 9. The SMILES string of the molecule is C[N-]/C(C)=C\C(C)[N-]C.Cc1cc(C)c(B(c2cccc(-c3cn(Cc4ccccc4)nn3)c2)c2c(C)cc(C)cc2C)c(C)c1.[Pt+2]. The van der Waals surface area contributed by atoms with Crippen LogP contribution in [0.15, 0.2) is 96.8 Å². The molecule has 0 radical (unpaired) electrons. The van der Waals surface area contributed by atoms with Gasteiger partial charge in [-0.3, -0.25) is 0 Å². The summed E-state index contributed by atoms with van der Waals surface area (Å²) in [4.78, 5) is 0. The van der Waals surface area contributed by atoms with Gasteiger partial charge in [0.25, 0.3) is 0 Å². The van der Waals surface area contributed by atoms with Crippen LogP contribution in [0.1, 0.15) is 52.8 Å². The van der Waals surface area contributed by atoms with Crippen LogP contribution in [0.2, 0.25) is 0 Å². The zero-order valence-corrected chi connectivity index (χ0v) is 31.8. The van der Waals surface area contributed by atoms with Crippen molar-refractivity contribution in [3.63, 3.8) is 0 Å². The molecule has 5 aromatic rings. The number of hydrogen-bond donors (Lipinski definition) is 0. The van der Waals surface area contributed by atoms with E-state index in [4.69, 9.17) is 0 Å². The summed E-state index contributed by atoms with van der Waals surface area (Å²) in [5.41, 5.74) is 16.3. The van der Waals surface area contributed by atoms with Gasteiger partial charge in [-0.05, 0) is 47.1 Å². The van der Waals surface area contributed by atoms with E-state index in [0.29, 0.717) is 12.6 Å². The van der Waals surface area contributed by atoms with Gasteiger partial charge in [-0.2, -0.15) is 12.7 Å². The van der Waals surface area contributed by atoms with Gasteiger partial charge >= 0.3 is 21.1 Å². The van der Waals surface area contributed by atoms with Gasteiger partial charge in [0.2, 0.25) is 6.71 Å². The van der Waals surface area contributed by atoms with Gasteiger partial charge in [-0.15, -0.1) is 24.3 Å². The van der Waals surface area contributed by atoms with Crippen LogP contribution >= 0.6 is 0 Å². The van der Waals surface area contributed by atoms with Gasteiger partial charge in [-0.25, -0.2) is 4.68 Å². The van der Waals surface area contributed by atoms with E-state index in [1.807, 2.05) is 43.9 Å². The van der Waals surface area contributed by atoms with E-state index < -0.39 is 0 Å². The summed E-state index contributed by atoms with van der Waals surface area (Å²) in [7, 11) is 3.60. The number of aryl methyl sites for hydroxylation is 6. The number of allylic oxidation sites excluding steroid dienone is 1. The molecule has 1 unspecified atom stereocenters. The van der Waals surface area contributed by atoms with E-state index in [2.05, 4.69) is 135 Å². The Labute approximate surface area is 297 Å². The van der Waals surface area contributed by atoms with Crippen LogP contribution in [0.5, 0.6) is 0 Å². The van der Waals surface area contributed by atoms with Crippen LogP contribution in [-0.4, -0.2) is 41.8 Å². The van der Waals surface area contributed by atoms with Gasteiger partial charge in [0.05, 0.1) is 12.7 Å². The summed E-state index contributed by atoms with van der Waals surface area (Å²) in [6.07, 6.45) is 4.08. The van der Waals surface area contributed by atoms with Crippen LogP contribution in [0.25, 0.3) is 21.9 Å². The summed E-state index contributed by atoms with van der Waals surface area (Å²) in [5.74, 6) is 0. The van der Waals surface area contributed by atoms with Crippen molar-refractivity contribution in [1.29, 1.82) is 0 Å². The Morgan fingerprint density at radius 3 is 1.85 bits per heavy atom. The maximum atomic E-state index is 4.53. The first kappa shape index (κ1) is 37.7. The zero-order valence-electron chi connectivity index (χ0n) is 29.6. The van der Waals surface area contributed by atoms with Crippen LogP contribution < -0.4 is 16.4 Å². The van der Waals surface area contributed by atoms with Gasteiger partial charge in [-0.1, -0.05) is 148 Å². The molecule has 0 saturated carbocycles. The molecule has 0 spiro atoms. The summed E-state index contributed by atoms with van der Waals surface area (Å²) in [5, 5.41) is 17.0. The van der Waals surface area contributed by atoms with Crippen LogP contribution in [0, 0.1) is 41.5 Å². The Kier molecular flexibility index (Phi) is 14.0. The predicted octanol–water partition coefficient (Wildman–Crippen LogP) is 7.64. The molecule has 0 aliphatic carbocycles. The van der Waals surface area contributed by atoms with E-state index >= 15 is 0 Å². The largest absolute Gasteiger partial charge is 2.00 e. The zero-order chi connectivity index (χ0) is 33.4. The number of nitrogens with zero attached hydrogens (tertiary/aromatic N) is 5. The molecule has 0 aliphatic rings. The molecule has 0 amide bonds. The topological polar surface area (TPSA) is 58.9 Å². The molecule has 5 rings (SSSR count). The predicted molar refractivity (Wildman–Crippen MR) is 199 cm³/mol. The maximum absolute atomic E-state index is 4.53. The first-order valence-corrected chi connectivity index (χ1v) is 16.1. The Bertz CT molecular complexity index is 1690. The first-order chi connectivity index (χ1) is 22.0. The van der Waals surface area contributed by atoms with E-state index in [-0.39, 0.29) is 27.8 Å². The van der Waals surface area contributed by atoms with Crippen LogP contribution in [-0.2, 0) is 27.6 Å². The minimum absolute atomic E-state index is 0. The monoisotopic (exact) mass is 804 g/mol. The molecular formula is C40H48BN5Pt. The maximum Gasteiger partial charge on any atom is 2.00 e. The molecule has 0 N–H and O–H groups in total. The minimum Gasteiger partial charge on any atom is -0.691 e. The molecular weight excluding hydrogens is 756 g/mol. The summed E-state index contributed by atoms with van der Waals surface area (Å²) < 4.78 is 1.91. The Hall–Kier alpha value is -3.73. The quantitative estimate of drug-likeness (QED) is 0.144. The van der Waals surface area contributed by atoms with E-state index in [1.54, 1.807) is 7.05 Å². The van der Waals surface area contributed by atoms with Crippen molar-refractivity contribution in [3.05, 3.63) is 146 Å². The molecule has 0 aliphatic heterocycles. The Morgan fingerprint density at radius 2 is 1.34 bits per heavy atom. The molecule has 1 atom stereocenters. The van der Waals surface area contributed by atoms with Crippen molar-refractivity contribution in [2.24, 2.45) is 0 Å². The fraction of sp³-hybridized carbons (Fsp3) is 0.300. The molecule has 5 nitrogen and oxygen atoms in total. The number of benzene rings is 4. The third-order valence-corrected chi connectivity index (χ3v) is 8.54. The van der Waals surface area contributed by atoms with Crippen molar-refractivity contribution in [2.45, 2.75) is 68.0 Å². The molecule has 0 saturated heterocycles. The van der Waals surface area contributed by atoms with Crippen molar-refractivity contribution in [1.82, 2.24) is 15.0 Å². The van der Waals surface area contributed by atoms with Crippen LogP contribution in [0.3, 0.4) is 0 Å². The van der Waals surface area contributed by atoms with Gasteiger partial charge in [0.1, 0.15) is 5.69 Å². The first-order valence-electron chi connectivity index (χ1n) is 16.1. The molecule has 47 heavy (non-hydrogen) atoms. The second-order valence-corrected chi connectivity index (χ2v) is 12.5.